The summed E-state index contributed by atoms with van der Waals surface area (Å²) in [5, 5.41) is 4.92. The molecule has 1 aliphatic rings. The smallest absolute Gasteiger partial charge is 0.161 e. The predicted octanol–water partition coefficient (Wildman–Crippen LogP) is 15.1. The monoisotopic (exact) mass is 752 g/mol. The molecule has 0 saturated heterocycles. The summed E-state index contributed by atoms with van der Waals surface area (Å²) in [5.74, 6) is 0.704. The lowest BCUT2D eigenvalue weighted by Gasteiger charge is -2.26. The molecule has 59 heavy (non-hydrogen) atoms. The molecule has 9 aromatic carbocycles. The third kappa shape index (κ3) is 5.79. The Labute approximate surface area is 345 Å². The molecule has 1 aliphatic carbocycles. The van der Waals surface area contributed by atoms with Gasteiger partial charge in [-0.1, -0.05) is 202 Å². The first-order valence-electron chi connectivity index (χ1n) is 20.4. The molecule has 0 N–H and O–H groups in total. The Morgan fingerprint density at radius 3 is 1.49 bits per heavy atom. The second-order valence-electron chi connectivity index (χ2n) is 16.1. The minimum absolute atomic E-state index is 0.196. The third-order valence-corrected chi connectivity index (χ3v) is 12.3. The van der Waals surface area contributed by atoms with Crippen LogP contribution in [-0.2, 0) is 5.41 Å². The lowest BCUT2D eigenvalue weighted by molar-refractivity contribution is 0.668. The normalized spacial score (nSPS) is 12.7. The Morgan fingerprint density at radius 2 is 0.797 bits per heavy atom. The molecule has 0 atom stereocenters. The maximum Gasteiger partial charge on any atom is 0.161 e. The van der Waals surface area contributed by atoms with Gasteiger partial charge in [0.05, 0.1) is 11.4 Å². The number of rotatable bonds is 6. The number of benzene rings is 9. The maximum absolute atomic E-state index is 5.41. The highest BCUT2D eigenvalue weighted by atomic mass is 14.9. The molecule has 1 aromatic heterocycles. The molecule has 278 valence electrons. The van der Waals surface area contributed by atoms with E-state index >= 15 is 0 Å². The minimum atomic E-state index is -0.196. The van der Waals surface area contributed by atoms with Gasteiger partial charge >= 0.3 is 0 Å². The first kappa shape index (κ1) is 34.8. The quantitative estimate of drug-likeness (QED) is 0.169. The van der Waals surface area contributed by atoms with Crippen molar-refractivity contribution < 1.29 is 0 Å². The molecular formula is C57H40N2. The van der Waals surface area contributed by atoms with E-state index < -0.39 is 0 Å². The summed E-state index contributed by atoms with van der Waals surface area (Å²) in [5.41, 5.74) is 17.3. The van der Waals surface area contributed by atoms with Crippen LogP contribution in [-0.4, -0.2) is 9.97 Å². The molecule has 10 aromatic rings. The fraction of sp³-hybridized carbons (Fsp3) is 0.0526. The van der Waals surface area contributed by atoms with Crippen LogP contribution in [0.2, 0.25) is 0 Å². The molecular weight excluding hydrogens is 713 g/mol. The Balaban J connectivity index is 1.10. The van der Waals surface area contributed by atoms with E-state index in [-0.39, 0.29) is 5.41 Å². The van der Waals surface area contributed by atoms with Crippen molar-refractivity contribution in [2.45, 2.75) is 19.3 Å². The summed E-state index contributed by atoms with van der Waals surface area (Å²) < 4.78 is 0. The fourth-order valence-electron chi connectivity index (χ4n) is 9.60. The largest absolute Gasteiger partial charge is 0.228 e. The van der Waals surface area contributed by atoms with Crippen molar-refractivity contribution >= 4 is 21.5 Å². The average Bonchev–Trinajstić information content (AvgIpc) is 3.55. The van der Waals surface area contributed by atoms with Gasteiger partial charge in [-0.15, -0.1) is 0 Å². The Bertz CT molecular complexity index is 3220. The van der Waals surface area contributed by atoms with E-state index in [1.807, 2.05) is 0 Å². The lowest BCUT2D eigenvalue weighted by atomic mass is 9.77. The van der Waals surface area contributed by atoms with Crippen molar-refractivity contribution in [2.24, 2.45) is 0 Å². The lowest BCUT2D eigenvalue weighted by Crippen LogP contribution is -2.17. The third-order valence-electron chi connectivity index (χ3n) is 12.3. The van der Waals surface area contributed by atoms with Gasteiger partial charge in [-0.05, 0) is 95.4 Å². The van der Waals surface area contributed by atoms with Gasteiger partial charge < -0.3 is 0 Å². The van der Waals surface area contributed by atoms with Crippen molar-refractivity contribution in [3.63, 3.8) is 0 Å². The fourth-order valence-corrected chi connectivity index (χ4v) is 9.60. The Morgan fingerprint density at radius 1 is 0.305 bits per heavy atom. The summed E-state index contributed by atoms with van der Waals surface area (Å²) in [4.78, 5) is 10.7. The summed E-state index contributed by atoms with van der Waals surface area (Å²) >= 11 is 0. The second-order valence-corrected chi connectivity index (χ2v) is 16.1. The number of nitrogens with zero attached hydrogens (tertiary/aromatic N) is 2. The van der Waals surface area contributed by atoms with Crippen molar-refractivity contribution in [1.82, 2.24) is 9.97 Å². The van der Waals surface area contributed by atoms with Gasteiger partial charge in [-0.3, -0.25) is 0 Å². The summed E-state index contributed by atoms with van der Waals surface area (Å²) in [7, 11) is 0. The predicted molar refractivity (Wildman–Crippen MR) is 247 cm³/mol. The van der Waals surface area contributed by atoms with Crippen LogP contribution in [0, 0.1) is 0 Å². The Hall–Kier alpha value is -7.42. The summed E-state index contributed by atoms with van der Waals surface area (Å²) in [6.45, 7) is 4.79. The molecule has 1 heterocycles. The zero-order chi connectivity index (χ0) is 39.5. The van der Waals surface area contributed by atoms with Gasteiger partial charge in [-0.2, -0.15) is 0 Å². The highest BCUT2D eigenvalue weighted by Crippen LogP contribution is 2.55. The van der Waals surface area contributed by atoms with E-state index in [1.54, 1.807) is 0 Å². The molecule has 11 rings (SSSR count). The molecule has 0 radical (unpaired) electrons. The molecule has 0 spiro atoms. The number of hydrogen-bond acceptors (Lipinski definition) is 2. The molecule has 0 fully saturated rings. The standard InChI is InChI=1S/C57H40N2/c1-57(2)54-43-24-13-12-21-39(43)29-32-49(54)48-28-16-27-47(55(48)57)46-33-34-50(45-26-15-14-25-44(45)46)56-58-52(40-22-10-5-11-23-40)36-53(59-56)41-30-31-42(37-17-6-3-7-18-37)51(35-41)38-19-8-4-9-20-38/h3-36H,1-2H3. The van der Waals surface area contributed by atoms with Crippen LogP contribution < -0.4 is 0 Å². The molecule has 0 bridgehead atoms. The van der Waals surface area contributed by atoms with Gasteiger partial charge in [0.25, 0.3) is 0 Å². The van der Waals surface area contributed by atoms with Crippen molar-refractivity contribution in [3.8, 4) is 78.4 Å². The zero-order valence-electron chi connectivity index (χ0n) is 33.0. The molecule has 0 saturated carbocycles. The van der Waals surface area contributed by atoms with E-state index in [2.05, 4.69) is 220 Å². The van der Waals surface area contributed by atoms with E-state index in [1.165, 1.54) is 71.8 Å². The van der Waals surface area contributed by atoms with Crippen molar-refractivity contribution in [1.29, 1.82) is 0 Å². The van der Waals surface area contributed by atoms with Crippen LogP contribution in [0.15, 0.2) is 206 Å². The number of hydrogen-bond donors (Lipinski definition) is 0. The number of aromatic nitrogens is 2. The van der Waals surface area contributed by atoms with Crippen LogP contribution in [0.4, 0.5) is 0 Å². The molecule has 0 amide bonds. The van der Waals surface area contributed by atoms with Crippen LogP contribution >= 0.6 is 0 Å². The first-order valence-corrected chi connectivity index (χ1v) is 20.4. The highest BCUT2D eigenvalue weighted by Gasteiger charge is 2.39. The van der Waals surface area contributed by atoms with Crippen molar-refractivity contribution in [3.05, 3.63) is 217 Å². The van der Waals surface area contributed by atoms with Crippen LogP contribution in [0.25, 0.3) is 100.0 Å². The van der Waals surface area contributed by atoms with E-state index in [0.717, 1.165) is 33.5 Å². The highest BCUT2D eigenvalue weighted by molar-refractivity contribution is 6.07. The van der Waals surface area contributed by atoms with Gasteiger partial charge in [0, 0.05) is 22.1 Å². The van der Waals surface area contributed by atoms with Crippen LogP contribution in [0.5, 0.6) is 0 Å². The molecule has 0 unspecified atom stereocenters. The maximum atomic E-state index is 5.41. The molecule has 0 aliphatic heterocycles. The summed E-state index contributed by atoms with van der Waals surface area (Å²) in [6.07, 6.45) is 0. The average molecular weight is 753 g/mol. The van der Waals surface area contributed by atoms with E-state index in [0.29, 0.717) is 5.82 Å². The van der Waals surface area contributed by atoms with Gasteiger partial charge in [0.1, 0.15) is 0 Å². The first-order chi connectivity index (χ1) is 29.0. The van der Waals surface area contributed by atoms with Crippen LogP contribution in [0.1, 0.15) is 25.0 Å². The molecule has 2 nitrogen and oxygen atoms in total. The van der Waals surface area contributed by atoms with Crippen LogP contribution in [0.3, 0.4) is 0 Å². The van der Waals surface area contributed by atoms with Gasteiger partial charge in [0.15, 0.2) is 5.82 Å². The zero-order valence-corrected chi connectivity index (χ0v) is 33.0. The summed E-state index contributed by atoms with van der Waals surface area (Å²) in [6, 6.07) is 74.1. The minimum Gasteiger partial charge on any atom is -0.228 e. The SMILES string of the molecule is CC1(C)c2c(cccc2-c2ccc(-c3nc(-c4ccccc4)cc(-c4ccc(-c5ccccc5)c(-c5ccccc5)c4)n3)c3ccccc23)-c2ccc3ccccc3c21. The van der Waals surface area contributed by atoms with Gasteiger partial charge in [0.2, 0.25) is 0 Å². The second kappa shape index (κ2) is 13.9. The molecule has 2 heteroatoms. The van der Waals surface area contributed by atoms with Gasteiger partial charge in [-0.25, -0.2) is 9.97 Å². The van der Waals surface area contributed by atoms with E-state index in [9.17, 15) is 0 Å². The number of fused-ring (bicyclic) bond motifs is 6. The topological polar surface area (TPSA) is 25.8 Å². The van der Waals surface area contributed by atoms with E-state index in [4.69, 9.17) is 9.97 Å². The van der Waals surface area contributed by atoms with Crippen molar-refractivity contribution in [2.75, 3.05) is 0 Å². The Kier molecular flexibility index (Phi) is 8.20.